The molecule has 1 aromatic carbocycles. The van der Waals surface area contributed by atoms with Gasteiger partial charge in [0, 0.05) is 5.56 Å². The zero-order valence-corrected chi connectivity index (χ0v) is 13.8. The summed E-state index contributed by atoms with van der Waals surface area (Å²) in [4.78, 5) is 12.9. The van der Waals surface area contributed by atoms with Gasteiger partial charge in [-0.05, 0) is 56.4 Å². The van der Waals surface area contributed by atoms with Crippen LogP contribution in [0.25, 0.3) is 0 Å². The molecule has 1 heterocycles. The monoisotopic (exact) mass is 321 g/mol. The van der Waals surface area contributed by atoms with E-state index in [0.29, 0.717) is 24.7 Å². The second-order valence-electron chi connectivity index (χ2n) is 6.06. The van der Waals surface area contributed by atoms with Crippen LogP contribution in [0.15, 0.2) is 18.2 Å². The van der Waals surface area contributed by atoms with Crippen LogP contribution in [0, 0.1) is 0 Å². The molecule has 1 fully saturated rings. The van der Waals surface area contributed by atoms with Crippen molar-refractivity contribution in [2.45, 2.75) is 38.5 Å². The van der Waals surface area contributed by atoms with Gasteiger partial charge in [-0.25, -0.2) is 0 Å². The van der Waals surface area contributed by atoms with Crippen LogP contribution >= 0.6 is 0 Å². The molecule has 0 radical (unpaired) electrons. The van der Waals surface area contributed by atoms with Gasteiger partial charge in [0.15, 0.2) is 0 Å². The van der Waals surface area contributed by atoms with Gasteiger partial charge in [-0.15, -0.1) is 0 Å². The van der Waals surface area contributed by atoms with Crippen LogP contribution in [0.4, 0.5) is 0 Å². The first kappa shape index (κ1) is 17.8. The number of aliphatic carboxylic acids is 1. The quantitative estimate of drug-likeness (QED) is 0.720. The smallest absolute Gasteiger partial charge is 0.305 e. The minimum Gasteiger partial charge on any atom is -0.508 e. The van der Waals surface area contributed by atoms with Gasteiger partial charge in [0.1, 0.15) is 5.75 Å². The Bertz CT molecular complexity index is 510. The molecule has 5 heteroatoms. The van der Waals surface area contributed by atoms with Crippen molar-refractivity contribution in [1.29, 1.82) is 0 Å². The fraction of sp³-hybridized carbons (Fsp3) is 0.611. The van der Waals surface area contributed by atoms with E-state index < -0.39 is 5.97 Å². The summed E-state index contributed by atoms with van der Waals surface area (Å²) >= 11 is 0. The molecule has 128 valence electrons. The van der Waals surface area contributed by atoms with Crippen LogP contribution in [0.3, 0.4) is 0 Å². The molecule has 0 amide bonds. The molecule has 1 aliphatic rings. The van der Waals surface area contributed by atoms with E-state index in [4.69, 9.17) is 9.84 Å². The first-order valence-corrected chi connectivity index (χ1v) is 8.44. The van der Waals surface area contributed by atoms with Crippen molar-refractivity contribution in [3.63, 3.8) is 0 Å². The number of benzene rings is 1. The number of piperidine rings is 1. The van der Waals surface area contributed by atoms with Crippen LogP contribution in [-0.4, -0.2) is 53.9 Å². The topological polar surface area (TPSA) is 70.0 Å². The van der Waals surface area contributed by atoms with Gasteiger partial charge in [-0.2, -0.15) is 0 Å². The highest BCUT2D eigenvalue weighted by molar-refractivity contribution is 5.66. The predicted octanol–water partition coefficient (Wildman–Crippen LogP) is 2.63. The Morgan fingerprint density at radius 3 is 2.70 bits per heavy atom. The van der Waals surface area contributed by atoms with E-state index >= 15 is 0 Å². The largest absolute Gasteiger partial charge is 0.508 e. The third-order valence-electron chi connectivity index (χ3n) is 4.59. The first-order chi connectivity index (χ1) is 11.1. The maximum Gasteiger partial charge on any atom is 0.305 e. The molecular formula is C18H27NO4. The van der Waals surface area contributed by atoms with E-state index in [2.05, 4.69) is 11.8 Å². The van der Waals surface area contributed by atoms with Crippen molar-refractivity contribution < 1.29 is 19.7 Å². The number of hydrogen-bond acceptors (Lipinski definition) is 4. The summed E-state index contributed by atoms with van der Waals surface area (Å²) < 4.78 is 5.39. The highest BCUT2D eigenvalue weighted by Gasteiger charge is 2.24. The fourth-order valence-corrected chi connectivity index (χ4v) is 3.27. The van der Waals surface area contributed by atoms with Crippen molar-refractivity contribution >= 4 is 5.97 Å². The molecule has 0 aromatic heterocycles. The van der Waals surface area contributed by atoms with E-state index in [9.17, 15) is 9.90 Å². The van der Waals surface area contributed by atoms with E-state index in [1.807, 2.05) is 12.1 Å². The number of aromatic hydroxyl groups is 1. The molecule has 0 bridgehead atoms. The zero-order chi connectivity index (χ0) is 16.7. The average molecular weight is 321 g/mol. The van der Waals surface area contributed by atoms with Gasteiger partial charge >= 0.3 is 5.97 Å². The minimum absolute atomic E-state index is 0.0301. The average Bonchev–Trinajstić information content (AvgIpc) is 2.54. The minimum atomic E-state index is -0.842. The number of carboxylic acids is 1. The number of likely N-dealkylation sites (tertiary alicyclic amines) is 1. The Hall–Kier alpha value is -1.59. The Balaban J connectivity index is 1.95. The lowest BCUT2D eigenvalue weighted by Crippen LogP contribution is -2.32. The standard InChI is InChI=1S/C18H27NO4/c1-2-19-10-6-15(7-11-19)18-14(4-3-5-16(18)20)8-12-23-13-9-17(21)22/h3-5,15,20H,2,6-13H2,1H3,(H,21,22). The lowest BCUT2D eigenvalue weighted by atomic mass is 9.85. The summed E-state index contributed by atoms with van der Waals surface area (Å²) in [5.74, 6) is -0.0678. The molecule has 2 rings (SSSR count). The van der Waals surface area contributed by atoms with Gasteiger partial charge in [-0.1, -0.05) is 19.1 Å². The van der Waals surface area contributed by atoms with Crippen LogP contribution in [-0.2, 0) is 16.0 Å². The summed E-state index contributed by atoms with van der Waals surface area (Å²) in [5, 5.41) is 18.9. The Morgan fingerprint density at radius 1 is 1.30 bits per heavy atom. The summed E-state index contributed by atoms with van der Waals surface area (Å²) in [6.45, 7) is 6.13. The fourth-order valence-electron chi connectivity index (χ4n) is 3.27. The molecule has 2 N–H and O–H groups in total. The maximum atomic E-state index is 10.5. The number of nitrogens with zero attached hydrogens (tertiary/aromatic N) is 1. The lowest BCUT2D eigenvalue weighted by molar-refractivity contribution is -0.138. The Labute approximate surface area is 137 Å². The van der Waals surface area contributed by atoms with E-state index in [1.54, 1.807) is 6.07 Å². The van der Waals surface area contributed by atoms with Gasteiger partial charge in [0.05, 0.1) is 19.6 Å². The zero-order valence-electron chi connectivity index (χ0n) is 13.8. The number of phenolic OH excluding ortho intramolecular Hbond substituents is 1. The lowest BCUT2D eigenvalue weighted by Gasteiger charge is -2.32. The van der Waals surface area contributed by atoms with Crippen molar-refractivity contribution in [1.82, 2.24) is 4.90 Å². The second kappa shape index (κ2) is 8.89. The molecule has 5 nitrogen and oxygen atoms in total. The first-order valence-electron chi connectivity index (χ1n) is 8.44. The number of ether oxygens (including phenoxy) is 1. The van der Waals surface area contributed by atoms with Crippen molar-refractivity contribution in [2.24, 2.45) is 0 Å². The second-order valence-corrected chi connectivity index (χ2v) is 6.06. The molecule has 0 aliphatic carbocycles. The summed E-state index contributed by atoms with van der Waals surface area (Å²) in [7, 11) is 0. The molecule has 0 spiro atoms. The third-order valence-corrected chi connectivity index (χ3v) is 4.59. The normalized spacial score (nSPS) is 16.6. The van der Waals surface area contributed by atoms with E-state index in [-0.39, 0.29) is 13.0 Å². The third kappa shape index (κ3) is 5.22. The molecule has 0 saturated carbocycles. The molecule has 0 atom stereocenters. The Morgan fingerprint density at radius 2 is 2.04 bits per heavy atom. The van der Waals surface area contributed by atoms with Crippen LogP contribution < -0.4 is 0 Å². The van der Waals surface area contributed by atoms with Crippen molar-refractivity contribution in [3.8, 4) is 5.75 Å². The van der Waals surface area contributed by atoms with Crippen LogP contribution in [0.2, 0.25) is 0 Å². The van der Waals surface area contributed by atoms with E-state index in [1.165, 1.54) is 0 Å². The summed E-state index contributed by atoms with van der Waals surface area (Å²) in [6.07, 6.45) is 2.87. The van der Waals surface area contributed by atoms with Crippen LogP contribution in [0.1, 0.15) is 43.2 Å². The van der Waals surface area contributed by atoms with Gasteiger partial charge in [0.2, 0.25) is 0 Å². The van der Waals surface area contributed by atoms with Gasteiger partial charge in [-0.3, -0.25) is 4.79 Å². The molecule has 1 saturated heterocycles. The summed E-state index contributed by atoms with van der Waals surface area (Å²) in [5.41, 5.74) is 2.18. The molecule has 23 heavy (non-hydrogen) atoms. The number of hydrogen-bond donors (Lipinski definition) is 2. The molecule has 1 aromatic rings. The number of carboxylic acid groups (broad SMARTS) is 1. The number of phenols is 1. The van der Waals surface area contributed by atoms with Gasteiger partial charge in [0.25, 0.3) is 0 Å². The molecule has 1 aliphatic heterocycles. The van der Waals surface area contributed by atoms with Crippen LogP contribution in [0.5, 0.6) is 5.75 Å². The predicted molar refractivity (Wildman–Crippen MR) is 89.0 cm³/mol. The summed E-state index contributed by atoms with van der Waals surface area (Å²) in [6, 6.07) is 5.67. The van der Waals surface area contributed by atoms with Crippen molar-refractivity contribution in [2.75, 3.05) is 32.8 Å². The molecule has 0 unspecified atom stereocenters. The number of rotatable bonds is 8. The number of carbonyl (C=O) groups is 1. The SMILES string of the molecule is CCN1CCC(c2c(O)cccc2CCOCCC(=O)O)CC1. The van der Waals surface area contributed by atoms with Crippen molar-refractivity contribution in [3.05, 3.63) is 29.3 Å². The molecular weight excluding hydrogens is 294 g/mol. The van der Waals surface area contributed by atoms with E-state index in [0.717, 1.165) is 43.6 Å². The maximum absolute atomic E-state index is 10.5. The highest BCUT2D eigenvalue weighted by atomic mass is 16.5. The van der Waals surface area contributed by atoms with Gasteiger partial charge < -0.3 is 19.8 Å². The Kier molecular flexibility index (Phi) is 6.86. The highest BCUT2D eigenvalue weighted by Crippen LogP contribution is 2.36.